The number of hydrogen-bond donors (Lipinski definition) is 0. The molecule has 2 atom stereocenters. The molecule has 0 spiro atoms. The monoisotopic (exact) mass is 348 g/mol. The standard InChI is InChI=1S/C13H15Br2F/c1-13(5-4-11(15)8-13)7-9-6-10(14)2-3-12(9)16/h2-3,6,11H,4-5,7-8H2,1H3. The minimum atomic E-state index is -0.0811. The smallest absolute Gasteiger partial charge is 0.126 e. The maximum absolute atomic E-state index is 13.7. The highest BCUT2D eigenvalue weighted by Crippen LogP contribution is 2.43. The topological polar surface area (TPSA) is 0 Å². The van der Waals surface area contributed by atoms with Gasteiger partial charge in [0.2, 0.25) is 0 Å². The third-order valence-electron chi connectivity index (χ3n) is 3.40. The zero-order valence-corrected chi connectivity index (χ0v) is 12.4. The summed E-state index contributed by atoms with van der Waals surface area (Å²) in [6.07, 6.45) is 4.35. The Morgan fingerprint density at radius 1 is 1.50 bits per heavy atom. The Labute approximate surface area is 113 Å². The predicted molar refractivity (Wildman–Crippen MR) is 72.5 cm³/mol. The van der Waals surface area contributed by atoms with Gasteiger partial charge in [0.25, 0.3) is 0 Å². The summed E-state index contributed by atoms with van der Waals surface area (Å²) in [7, 11) is 0. The van der Waals surface area contributed by atoms with Gasteiger partial charge in [0.05, 0.1) is 0 Å². The molecule has 0 N–H and O–H groups in total. The van der Waals surface area contributed by atoms with E-state index in [4.69, 9.17) is 0 Å². The van der Waals surface area contributed by atoms with Crippen LogP contribution < -0.4 is 0 Å². The number of alkyl halides is 1. The summed E-state index contributed by atoms with van der Waals surface area (Å²) in [5, 5.41) is 0. The number of rotatable bonds is 2. The van der Waals surface area contributed by atoms with E-state index in [2.05, 4.69) is 38.8 Å². The molecule has 0 heterocycles. The van der Waals surface area contributed by atoms with E-state index in [-0.39, 0.29) is 11.2 Å². The summed E-state index contributed by atoms with van der Waals surface area (Å²) in [6, 6.07) is 5.20. The molecule has 0 amide bonds. The molecule has 0 aliphatic heterocycles. The van der Waals surface area contributed by atoms with E-state index in [1.54, 1.807) is 12.1 Å². The molecule has 1 aromatic carbocycles. The fourth-order valence-corrected chi connectivity index (χ4v) is 3.96. The summed E-state index contributed by atoms with van der Waals surface area (Å²) in [5.41, 5.74) is 1.08. The summed E-state index contributed by atoms with van der Waals surface area (Å²) in [4.78, 5) is 0.604. The average Bonchev–Trinajstić information content (AvgIpc) is 2.52. The van der Waals surface area contributed by atoms with Crippen LogP contribution in [0.4, 0.5) is 4.39 Å². The van der Waals surface area contributed by atoms with Crippen molar-refractivity contribution in [1.82, 2.24) is 0 Å². The first-order valence-electron chi connectivity index (χ1n) is 5.56. The highest BCUT2D eigenvalue weighted by atomic mass is 79.9. The van der Waals surface area contributed by atoms with Crippen LogP contribution in [0.15, 0.2) is 22.7 Å². The van der Waals surface area contributed by atoms with Crippen LogP contribution >= 0.6 is 31.9 Å². The van der Waals surface area contributed by atoms with Gasteiger partial charge in [0, 0.05) is 9.30 Å². The first kappa shape index (κ1) is 12.6. The second-order valence-corrected chi connectivity index (χ2v) is 7.27. The third kappa shape index (κ3) is 2.86. The Hall–Kier alpha value is 0.110. The molecule has 0 aromatic heterocycles. The highest BCUT2D eigenvalue weighted by Gasteiger charge is 2.34. The minimum absolute atomic E-state index is 0.0811. The molecule has 3 heteroatoms. The van der Waals surface area contributed by atoms with Crippen LogP contribution in [0.2, 0.25) is 0 Å². The molecule has 1 fully saturated rings. The number of hydrogen-bond acceptors (Lipinski definition) is 0. The van der Waals surface area contributed by atoms with Crippen molar-refractivity contribution in [1.29, 1.82) is 0 Å². The van der Waals surface area contributed by atoms with Crippen molar-refractivity contribution >= 4 is 31.9 Å². The van der Waals surface area contributed by atoms with Crippen LogP contribution in [0, 0.1) is 11.2 Å². The zero-order valence-electron chi connectivity index (χ0n) is 9.27. The predicted octanol–water partition coefficient (Wildman–Crippen LogP) is 5.08. The van der Waals surface area contributed by atoms with Gasteiger partial charge in [-0.15, -0.1) is 0 Å². The molecule has 0 nitrogen and oxygen atoms in total. The third-order valence-corrected chi connectivity index (χ3v) is 4.68. The molecule has 16 heavy (non-hydrogen) atoms. The van der Waals surface area contributed by atoms with Crippen molar-refractivity contribution in [3.63, 3.8) is 0 Å². The Morgan fingerprint density at radius 2 is 2.25 bits per heavy atom. The molecule has 1 saturated carbocycles. The normalized spacial score (nSPS) is 29.6. The van der Waals surface area contributed by atoms with Gasteiger partial charge in [0.15, 0.2) is 0 Å². The maximum Gasteiger partial charge on any atom is 0.126 e. The first-order valence-corrected chi connectivity index (χ1v) is 7.27. The Kier molecular flexibility index (Phi) is 3.75. The van der Waals surface area contributed by atoms with Crippen molar-refractivity contribution in [2.24, 2.45) is 5.41 Å². The Bertz CT molecular complexity index is 392. The fourth-order valence-electron chi connectivity index (χ4n) is 2.54. The molecule has 0 saturated heterocycles. The van der Waals surface area contributed by atoms with Crippen molar-refractivity contribution in [3.05, 3.63) is 34.1 Å². The first-order chi connectivity index (χ1) is 7.48. The molecule has 2 unspecified atom stereocenters. The van der Waals surface area contributed by atoms with Gasteiger partial charge in [-0.1, -0.05) is 38.8 Å². The molecule has 1 aliphatic rings. The van der Waals surface area contributed by atoms with Gasteiger partial charge in [-0.3, -0.25) is 0 Å². The quantitative estimate of drug-likeness (QED) is 0.653. The van der Waals surface area contributed by atoms with Crippen molar-refractivity contribution < 1.29 is 4.39 Å². The summed E-state index contributed by atoms with van der Waals surface area (Å²) < 4.78 is 14.6. The molecular weight excluding hydrogens is 335 g/mol. The number of halogens is 3. The van der Waals surface area contributed by atoms with E-state index in [9.17, 15) is 4.39 Å². The molecule has 2 rings (SSSR count). The Morgan fingerprint density at radius 3 is 2.88 bits per heavy atom. The van der Waals surface area contributed by atoms with Crippen LogP contribution in [0.3, 0.4) is 0 Å². The second kappa shape index (κ2) is 4.77. The van der Waals surface area contributed by atoms with Gasteiger partial charge in [0.1, 0.15) is 5.82 Å². The SMILES string of the molecule is CC1(Cc2cc(Br)ccc2F)CCC(Br)C1. The summed E-state index contributed by atoms with van der Waals surface area (Å²) in [5.74, 6) is -0.0811. The lowest BCUT2D eigenvalue weighted by Gasteiger charge is -2.24. The average molecular weight is 350 g/mol. The largest absolute Gasteiger partial charge is 0.207 e. The van der Waals surface area contributed by atoms with Gasteiger partial charge in [-0.2, -0.15) is 0 Å². The second-order valence-electron chi connectivity index (χ2n) is 5.06. The zero-order chi connectivity index (χ0) is 11.8. The lowest BCUT2D eigenvalue weighted by atomic mass is 9.82. The van der Waals surface area contributed by atoms with Crippen LogP contribution in [-0.2, 0) is 6.42 Å². The molecule has 0 radical (unpaired) electrons. The van der Waals surface area contributed by atoms with E-state index in [0.29, 0.717) is 4.83 Å². The minimum Gasteiger partial charge on any atom is -0.207 e. The fraction of sp³-hybridized carbons (Fsp3) is 0.538. The van der Waals surface area contributed by atoms with Gasteiger partial charge >= 0.3 is 0 Å². The van der Waals surface area contributed by atoms with E-state index >= 15 is 0 Å². The lowest BCUT2D eigenvalue weighted by molar-refractivity contribution is 0.330. The van der Waals surface area contributed by atoms with E-state index in [1.807, 2.05) is 6.07 Å². The van der Waals surface area contributed by atoms with E-state index in [0.717, 1.165) is 22.9 Å². The molecule has 88 valence electrons. The summed E-state index contributed by atoms with van der Waals surface area (Å²) in [6.45, 7) is 2.26. The highest BCUT2D eigenvalue weighted by molar-refractivity contribution is 9.10. The van der Waals surface area contributed by atoms with E-state index < -0.39 is 0 Å². The van der Waals surface area contributed by atoms with Crippen molar-refractivity contribution in [2.45, 2.75) is 37.4 Å². The van der Waals surface area contributed by atoms with Crippen LogP contribution in [0.5, 0.6) is 0 Å². The van der Waals surface area contributed by atoms with E-state index in [1.165, 1.54) is 12.8 Å². The molecule has 0 bridgehead atoms. The lowest BCUT2D eigenvalue weighted by Crippen LogP contribution is -2.16. The molecule has 1 aromatic rings. The Balaban J connectivity index is 2.17. The van der Waals surface area contributed by atoms with Crippen molar-refractivity contribution in [2.75, 3.05) is 0 Å². The van der Waals surface area contributed by atoms with Gasteiger partial charge in [-0.25, -0.2) is 4.39 Å². The van der Waals surface area contributed by atoms with Crippen LogP contribution in [-0.4, -0.2) is 4.83 Å². The number of benzene rings is 1. The molecule has 1 aliphatic carbocycles. The van der Waals surface area contributed by atoms with Gasteiger partial charge in [-0.05, 0) is 54.9 Å². The van der Waals surface area contributed by atoms with Gasteiger partial charge < -0.3 is 0 Å². The van der Waals surface area contributed by atoms with Crippen molar-refractivity contribution in [3.8, 4) is 0 Å². The van der Waals surface area contributed by atoms with Crippen LogP contribution in [0.25, 0.3) is 0 Å². The summed E-state index contributed by atoms with van der Waals surface area (Å²) >= 11 is 7.06. The van der Waals surface area contributed by atoms with Crippen LogP contribution in [0.1, 0.15) is 31.7 Å². The molecular formula is C13H15Br2F. The maximum atomic E-state index is 13.7.